The lowest BCUT2D eigenvalue weighted by Gasteiger charge is -2.17. The Hall–Kier alpha value is -3.43. The van der Waals surface area contributed by atoms with Gasteiger partial charge in [-0.3, -0.25) is 4.79 Å². The second-order valence-electron chi connectivity index (χ2n) is 7.43. The molecular weight excluding hydrogens is 444 g/mol. The van der Waals surface area contributed by atoms with E-state index >= 15 is 0 Å². The van der Waals surface area contributed by atoms with E-state index in [1.165, 1.54) is 41.0 Å². The second-order valence-corrected chi connectivity index (χ2v) is 9.19. The number of esters is 1. The quantitative estimate of drug-likeness (QED) is 0.457. The third kappa shape index (κ3) is 6.77. The summed E-state index contributed by atoms with van der Waals surface area (Å²) in [6, 6.07) is 16.7. The zero-order valence-corrected chi connectivity index (χ0v) is 19.3. The largest absolute Gasteiger partial charge is 0.468 e. The van der Waals surface area contributed by atoms with Crippen LogP contribution in [0.4, 0.5) is 0 Å². The van der Waals surface area contributed by atoms with Gasteiger partial charge < -0.3 is 14.1 Å². The van der Waals surface area contributed by atoms with Crippen LogP contribution in [-0.2, 0) is 39.1 Å². The maximum atomic E-state index is 12.5. The molecule has 0 unspecified atom stereocenters. The Morgan fingerprint density at radius 1 is 1.03 bits per heavy atom. The van der Waals surface area contributed by atoms with Crippen LogP contribution in [0.2, 0.25) is 0 Å². The summed E-state index contributed by atoms with van der Waals surface area (Å²) in [4.78, 5) is 26.1. The average molecular weight is 471 g/mol. The number of likely N-dealkylation sites (N-methyl/N-ethyl adjacent to an activating group) is 1. The molecule has 0 atom stereocenters. The van der Waals surface area contributed by atoms with Crippen LogP contribution in [0.5, 0.6) is 0 Å². The van der Waals surface area contributed by atoms with Crippen molar-refractivity contribution in [1.29, 1.82) is 0 Å². The number of carbonyl (C=O) groups excluding carboxylic acids is 2. The highest BCUT2D eigenvalue weighted by Crippen LogP contribution is 2.14. The molecule has 9 heteroatoms. The molecular formula is C24H26N2O6S. The fourth-order valence-electron chi connectivity index (χ4n) is 3.02. The highest BCUT2D eigenvalue weighted by atomic mass is 32.2. The van der Waals surface area contributed by atoms with Gasteiger partial charge in [-0.25, -0.2) is 17.9 Å². The van der Waals surface area contributed by atoms with Crippen molar-refractivity contribution >= 4 is 21.9 Å². The van der Waals surface area contributed by atoms with Gasteiger partial charge in [-0.15, -0.1) is 0 Å². The van der Waals surface area contributed by atoms with Crippen molar-refractivity contribution in [3.8, 4) is 0 Å². The van der Waals surface area contributed by atoms with Crippen molar-refractivity contribution in [1.82, 2.24) is 9.62 Å². The van der Waals surface area contributed by atoms with Crippen molar-refractivity contribution in [3.63, 3.8) is 0 Å². The van der Waals surface area contributed by atoms with Crippen molar-refractivity contribution in [3.05, 3.63) is 89.4 Å². The van der Waals surface area contributed by atoms with Gasteiger partial charge in [0.1, 0.15) is 5.76 Å². The van der Waals surface area contributed by atoms with E-state index in [-0.39, 0.29) is 22.9 Å². The fraction of sp³-hybridized carbons (Fsp3) is 0.250. The first kappa shape index (κ1) is 24.2. The van der Waals surface area contributed by atoms with Gasteiger partial charge in [0.15, 0.2) is 6.61 Å². The number of carbonyl (C=O) groups is 2. The maximum Gasteiger partial charge on any atom is 0.338 e. The zero-order valence-electron chi connectivity index (χ0n) is 18.5. The Kier molecular flexibility index (Phi) is 8.02. The van der Waals surface area contributed by atoms with Gasteiger partial charge in [-0.1, -0.05) is 37.3 Å². The monoisotopic (exact) mass is 470 g/mol. The van der Waals surface area contributed by atoms with E-state index in [4.69, 9.17) is 9.15 Å². The lowest BCUT2D eigenvalue weighted by molar-refractivity contribution is -0.133. The molecule has 1 heterocycles. The third-order valence-electron chi connectivity index (χ3n) is 5.00. The third-order valence-corrected chi connectivity index (χ3v) is 6.40. The van der Waals surface area contributed by atoms with Crippen LogP contribution in [0.15, 0.2) is 76.2 Å². The molecule has 0 radical (unpaired) electrons. The van der Waals surface area contributed by atoms with Crippen LogP contribution in [0.3, 0.4) is 0 Å². The molecule has 33 heavy (non-hydrogen) atoms. The summed E-state index contributed by atoms with van der Waals surface area (Å²) in [5.74, 6) is -0.697. The highest BCUT2D eigenvalue weighted by molar-refractivity contribution is 7.89. The number of aryl methyl sites for hydroxylation is 1. The maximum absolute atomic E-state index is 12.5. The van der Waals surface area contributed by atoms with Crippen LogP contribution >= 0.6 is 0 Å². The van der Waals surface area contributed by atoms with Crippen LogP contribution in [-0.4, -0.2) is 38.8 Å². The van der Waals surface area contributed by atoms with Gasteiger partial charge in [-0.2, -0.15) is 0 Å². The van der Waals surface area contributed by atoms with Crippen LogP contribution in [0.1, 0.15) is 34.2 Å². The predicted molar refractivity (Wildman–Crippen MR) is 122 cm³/mol. The summed E-state index contributed by atoms with van der Waals surface area (Å²) in [7, 11) is -2.24. The SMILES string of the molecule is CCc1ccc(CN(C)C(=O)COC(=O)c2cccc(S(=O)(=O)NCc3ccco3)c2)cc1. The molecule has 0 aliphatic carbocycles. The number of hydrogen-bond donors (Lipinski definition) is 1. The topological polar surface area (TPSA) is 106 Å². The molecule has 1 aromatic heterocycles. The highest BCUT2D eigenvalue weighted by Gasteiger charge is 2.18. The molecule has 3 aromatic rings. The summed E-state index contributed by atoms with van der Waals surface area (Å²) >= 11 is 0. The molecule has 2 aromatic carbocycles. The summed E-state index contributed by atoms with van der Waals surface area (Å²) in [6.07, 6.45) is 2.38. The first-order chi connectivity index (χ1) is 15.8. The van der Waals surface area contributed by atoms with E-state index in [0.29, 0.717) is 12.3 Å². The number of sulfonamides is 1. The van der Waals surface area contributed by atoms with Crippen molar-refractivity contribution < 1.29 is 27.2 Å². The molecule has 1 amide bonds. The molecule has 174 valence electrons. The Labute approximate surface area is 193 Å². The number of benzene rings is 2. The Balaban J connectivity index is 1.55. The minimum Gasteiger partial charge on any atom is -0.468 e. The van der Waals surface area contributed by atoms with Gasteiger partial charge in [0.25, 0.3) is 5.91 Å². The van der Waals surface area contributed by atoms with Crippen LogP contribution in [0.25, 0.3) is 0 Å². The fourth-order valence-corrected chi connectivity index (χ4v) is 4.05. The zero-order chi connectivity index (χ0) is 23.8. The molecule has 0 saturated carbocycles. The normalized spacial score (nSPS) is 11.2. The first-order valence-electron chi connectivity index (χ1n) is 10.4. The molecule has 8 nitrogen and oxygen atoms in total. The number of furan rings is 1. The van der Waals surface area contributed by atoms with Crippen molar-refractivity contribution in [2.45, 2.75) is 31.3 Å². The number of nitrogens with zero attached hydrogens (tertiary/aromatic N) is 1. The van der Waals surface area contributed by atoms with Crippen molar-refractivity contribution in [2.75, 3.05) is 13.7 Å². The molecule has 3 rings (SSSR count). The minimum atomic E-state index is -3.87. The summed E-state index contributed by atoms with van der Waals surface area (Å²) in [6.45, 7) is 1.99. The molecule has 0 bridgehead atoms. The second kappa shape index (κ2) is 10.9. The van der Waals surface area contributed by atoms with E-state index in [9.17, 15) is 18.0 Å². The molecule has 0 aliphatic heterocycles. The van der Waals surface area contributed by atoms with Gasteiger partial charge in [0.2, 0.25) is 10.0 Å². The minimum absolute atomic E-state index is 0.0218. The summed E-state index contributed by atoms with van der Waals surface area (Å²) in [5, 5.41) is 0. The number of nitrogens with one attached hydrogen (secondary N) is 1. The van der Waals surface area contributed by atoms with Crippen molar-refractivity contribution in [2.24, 2.45) is 0 Å². The van der Waals surface area contributed by atoms with E-state index in [0.717, 1.165) is 12.0 Å². The summed E-state index contributed by atoms with van der Waals surface area (Å²) < 4.78 is 37.6. The summed E-state index contributed by atoms with van der Waals surface area (Å²) in [5.41, 5.74) is 2.21. The van der Waals surface area contributed by atoms with Gasteiger partial charge in [-0.05, 0) is 47.9 Å². The number of rotatable bonds is 10. The Morgan fingerprint density at radius 3 is 2.42 bits per heavy atom. The van der Waals surface area contributed by atoms with E-state index in [2.05, 4.69) is 11.6 Å². The van der Waals surface area contributed by atoms with E-state index in [1.54, 1.807) is 19.2 Å². The van der Waals surface area contributed by atoms with E-state index < -0.39 is 22.6 Å². The molecule has 1 N–H and O–H groups in total. The molecule has 0 saturated heterocycles. The lowest BCUT2D eigenvalue weighted by Crippen LogP contribution is -2.30. The van der Waals surface area contributed by atoms with Gasteiger partial charge in [0, 0.05) is 13.6 Å². The Morgan fingerprint density at radius 2 is 1.76 bits per heavy atom. The van der Waals surface area contributed by atoms with Gasteiger partial charge in [0.05, 0.1) is 23.3 Å². The smallest absolute Gasteiger partial charge is 0.338 e. The number of hydrogen-bond acceptors (Lipinski definition) is 6. The van der Waals surface area contributed by atoms with Gasteiger partial charge >= 0.3 is 5.97 Å². The first-order valence-corrected chi connectivity index (χ1v) is 11.9. The van der Waals surface area contributed by atoms with Crippen LogP contribution < -0.4 is 4.72 Å². The number of ether oxygens (including phenoxy) is 1. The molecule has 0 fully saturated rings. The standard InChI is InChI=1S/C24H26N2O6S/c1-3-18-9-11-19(12-10-18)16-26(2)23(27)17-32-24(28)20-6-4-8-22(14-20)33(29,30)25-15-21-7-5-13-31-21/h4-14,25H,3,15-17H2,1-2H3. The van der Waals surface area contributed by atoms with Crippen LogP contribution in [0, 0.1) is 0 Å². The average Bonchev–Trinajstić information content (AvgIpc) is 3.35. The Bertz CT molecular complexity index is 1190. The molecule has 0 aliphatic rings. The predicted octanol–water partition coefficient (Wildman–Crippen LogP) is 3.14. The lowest BCUT2D eigenvalue weighted by atomic mass is 10.1. The number of amides is 1. The molecule has 0 spiro atoms. The van der Waals surface area contributed by atoms with E-state index in [1.807, 2.05) is 24.3 Å².